The number of hydrogen-bond donors (Lipinski definition) is 3. The number of nitrogens with zero attached hydrogens (tertiary/aromatic N) is 1. The Hall–Kier alpha value is -1.59. The van der Waals surface area contributed by atoms with Gasteiger partial charge >= 0.3 is 0 Å². The first kappa shape index (κ1) is 14.8. The Morgan fingerprint density at radius 2 is 1.90 bits per heavy atom. The van der Waals surface area contributed by atoms with E-state index < -0.39 is 0 Å². The van der Waals surface area contributed by atoms with Crippen LogP contribution in [0, 0.1) is 0 Å². The molecule has 0 saturated carbocycles. The van der Waals surface area contributed by atoms with E-state index in [1.165, 1.54) is 19.3 Å². The zero-order valence-electron chi connectivity index (χ0n) is 11.8. The molecule has 1 aromatic carbocycles. The van der Waals surface area contributed by atoms with Gasteiger partial charge in [0.1, 0.15) is 6.04 Å². The molecule has 2 rings (SSSR count). The molecular formula is C15H24N4O. The average Bonchev–Trinajstić information content (AvgIpc) is 2.52. The van der Waals surface area contributed by atoms with Crippen LogP contribution < -0.4 is 16.6 Å². The van der Waals surface area contributed by atoms with Gasteiger partial charge < -0.3 is 10.2 Å². The van der Waals surface area contributed by atoms with Crippen molar-refractivity contribution >= 4 is 11.6 Å². The Balaban J connectivity index is 1.88. The molecule has 0 bridgehead atoms. The second kappa shape index (κ2) is 7.87. The number of hydrazine groups is 1. The average molecular weight is 276 g/mol. The Bertz CT molecular complexity index is 404. The van der Waals surface area contributed by atoms with E-state index in [4.69, 9.17) is 5.84 Å². The Morgan fingerprint density at radius 1 is 1.20 bits per heavy atom. The SMILES string of the molecule is NNC(=O)C(CCN1CCCCC1)Nc1ccccc1. The van der Waals surface area contributed by atoms with Gasteiger partial charge in [0.25, 0.3) is 5.91 Å². The number of anilines is 1. The molecule has 4 N–H and O–H groups in total. The molecule has 1 saturated heterocycles. The zero-order valence-corrected chi connectivity index (χ0v) is 11.8. The molecule has 0 aromatic heterocycles. The quantitative estimate of drug-likeness (QED) is 0.416. The number of carbonyl (C=O) groups excluding carboxylic acids is 1. The van der Waals surface area contributed by atoms with E-state index in [1.54, 1.807) is 0 Å². The summed E-state index contributed by atoms with van der Waals surface area (Å²) in [6.45, 7) is 3.21. The first-order valence-corrected chi connectivity index (χ1v) is 7.34. The van der Waals surface area contributed by atoms with Crippen LogP contribution in [0.4, 0.5) is 5.69 Å². The lowest BCUT2D eigenvalue weighted by molar-refractivity contribution is -0.122. The molecule has 1 heterocycles. The van der Waals surface area contributed by atoms with Crippen molar-refractivity contribution in [1.82, 2.24) is 10.3 Å². The summed E-state index contributed by atoms with van der Waals surface area (Å²) < 4.78 is 0. The summed E-state index contributed by atoms with van der Waals surface area (Å²) in [5.74, 6) is 5.12. The highest BCUT2D eigenvalue weighted by atomic mass is 16.2. The van der Waals surface area contributed by atoms with Gasteiger partial charge in [0.15, 0.2) is 0 Å². The molecule has 1 unspecified atom stereocenters. The third-order valence-electron chi connectivity index (χ3n) is 3.76. The van der Waals surface area contributed by atoms with Crippen molar-refractivity contribution in [2.75, 3.05) is 25.0 Å². The van der Waals surface area contributed by atoms with Gasteiger partial charge in [-0.2, -0.15) is 0 Å². The fraction of sp³-hybridized carbons (Fsp3) is 0.533. The minimum Gasteiger partial charge on any atom is -0.374 e. The highest BCUT2D eigenvalue weighted by molar-refractivity contribution is 5.84. The van der Waals surface area contributed by atoms with Crippen molar-refractivity contribution in [3.8, 4) is 0 Å². The Labute approximate surface area is 120 Å². The summed E-state index contributed by atoms with van der Waals surface area (Å²) in [5.41, 5.74) is 3.20. The van der Waals surface area contributed by atoms with Crippen LogP contribution in [0.2, 0.25) is 0 Å². The lowest BCUT2D eigenvalue weighted by Crippen LogP contribution is -2.45. The maximum atomic E-state index is 11.9. The van der Waals surface area contributed by atoms with Crippen LogP contribution in [-0.4, -0.2) is 36.5 Å². The third-order valence-corrected chi connectivity index (χ3v) is 3.76. The summed E-state index contributed by atoms with van der Waals surface area (Å²) in [6, 6.07) is 9.48. The van der Waals surface area contributed by atoms with Gasteiger partial charge in [-0.05, 0) is 44.5 Å². The monoisotopic (exact) mass is 276 g/mol. The first-order chi connectivity index (χ1) is 9.79. The van der Waals surface area contributed by atoms with Gasteiger partial charge in [-0.15, -0.1) is 0 Å². The van der Waals surface area contributed by atoms with E-state index in [0.29, 0.717) is 0 Å². The number of rotatable bonds is 6. The molecule has 1 fully saturated rings. The van der Waals surface area contributed by atoms with Crippen molar-refractivity contribution < 1.29 is 4.79 Å². The van der Waals surface area contributed by atoms with Gasteiger partial charge in [-0.3, -0.25) is 10.2 Å². The largest absolute Gasteiger partial charge is 0.374 e. The van der Waals surface area contributed by atoms with E-state index in [9.17, 15) is 4.79 Å². The Morgan fingerprint density at radius 3 is 2.55 bits per heavy atom. The van der Waals surface area contributed by atoms with Crippen molar-refractivity contribution in [2.24, 2.45) is 5.84 Å². The fourth-order valence-electron chi connectivity index (χ4n) is 2.60. The van der Waals surface area contributed by atoms with Crippen molar-refractivity contribution in [3.05, 3.63) is 30.3 Å². The van der Waals surface area contributed by atoms with Gasteiger partial charge in [0.2, 0.25) is 0 Å². The van der Waals surface area contributed by atoms with E-state index in [-0.39, 0.29) is 11.9 Å². The molecule has 1 atom stereocenters. The molecule has 1 aromatic rings. The molecule has 20 heavy (non-hydrogen) atoms. The maximum Gasteiger partial charge on any atom is 0.256 e. The van der Waals surface area contributed by atoms with Crippen LogP contribution in [-0.2, 0) is 4.79 Å². The molecule has 110 valence electrons. The van der Waals surface area contributed by atoms with Crippen LogP contribution in [0.15, 0.2) is 30.3 Å². The number of likely N-dealkylation sites (tertiary alicyclic amines) is 1. The fourth-order valence-corrected chi connectivity index (χ4v) is 2.60. The van der Waals surface area contributed by atoms with Crippen molar-refractivity contribution in [2.45, 2.75) is 31.7 Å². The van der Waals surface area contributed by atoms with Crippen LogP contribution in [0.1, 0.15) is 25.7 Å². The molecule has 5 nitrogen and oxygen atoms in total. The van der Waals surface area contributed by atoms with E-state index in [1.807, 2.05) is 30.3 Å². The molecule has 1 amide bonds. The predicted molar refractivity (Wildman–Crippen MR) is 81.1 cm³/mol. The van der Waals surface area contributed by atoms with Crippen molar-refractivity contribution in [1.29, 1.82) is 0 Å². The summed E-state index contributed by atoms with van der Waals surface area (Å²) >= 11 is 0. The highest BCUT2D eigenvalue weighted by Gasteiger charge is 2.19. The topological polar surface area (TPSA) is 70.4 Å². The Kier molecular flexibility index (Phi) is 5.83. The van der Waals surface area contributed by atoms with Gasteiger partial charge in [0.05, 0.1) is 0 Å². The lowest BCUT2D eigenvalue weighted by Gasteiger charge is -2.28. The summed E-state index contributed by atoms with van der Waals surface area (Å²) in [7, 11) is 0. The van der Waals surface area contributed by atoms with Crippen LogP contribution in [0.3, 0.4) is 0 Å². The number of piperidine rings is 1. The van der Waals surface area contributed by atoms with Crippen LogP contribution >= 0.6 is 0 Å². The molecule has 1 aliphatic heterocycles. The number of benzene rings is 1. The number of nitrogens with one attached hydrogen (secondary N) is 2. The van der Waals surface area contributed by atoms with Crippen LogP contribution in [0.5, 0.6) is 0 Å². The molecule has 5 heteroatoms. The lowest BCUT2D eigenvalue weighted by atomic mass is 10.1. The molecule has 0 radical (unpaired) electrons. The van der Waals surface area contributed by atoms with Crippen LogP contribution in [0.25, 0.3) is 0 Å². The van der Waals surface area contributed by atoms with Gasteiger partial charge in [-0.25, -0.2) is 5.84 Å². The van der Waals surface area contributed by atoms with E-state index in [0.717, 1.165) is 31.7 Å². The molecule has 0 spiro atoms. The minimum atomic E-state index is -0.288. The molecule has 1 aliphatic rings. The van der Waals surface area contributed by atoms with Crippen molar-refractivity contribution in [3.63, 3.8) is 0 Å². The summed E-state index contributed by atoms with van der Waals surface area (Å²) in [6.07, 6.45) is 4.61. The smallest absolute Gasteiger partial charge is 0.256 e. The second-order valence-electron chi connectivity index (χ2n) is 5.26. The standard InChI is InChI=1S/C15H24N4O/c16-18-15(20)14(17-13-7-3-1-4-8-13)9-12-19-10-5-2-6-11-19/h1,3-4,7-8,14,17H,2,5-6,9-12,16H2,(H,18,20). The predicted octanol–water partition coefficient (Wildman–Crippen LogP) is 1.33. The number of nitrogens with two attached hydrogens (primary N) is 1. The van der Waals surface area contributed by atoms with E-state index in [2.05, 4.69) is 15.6 Å². The zero-order chi connectivity index (χ0) is 14.2. The van der Waals surface area contributed by atoms with Gasteiger partial charge in [-0.1, -0.05) is 24.6 Å². The summed E-state index contributed by atoms with van der Waals surface area (Å²) in [5, 5.41) is 3.25. The van der Waals surface area contributed by atoms with E-state index >= 15 is 0 Å². The maximum absolute atomic E-state index is 11.9. The number of carbonyl (C=O) groups is 1. The summed E-state index contributed by atoms with van der Waals surface area (Å²) in [4.78, 5) is 14.3. The minimum absolute atomic E-state index is 0.161. The second-order valence-corrected chi connectivity index (χ2v) is 5.26. The third kappa shape index (κ3) is 4.51. The highest BCUT2D eigenvalue weighted by Crippen LogP contribution is 2.12. The molecular weight excluding hydrogens is 252 g/mol. The molecule has 0 aliphatic carbocycles. The normalized spacial score (nSPS) is 17.4. The van der Waals surface area contributed by atoms with Gasteiger partial charge in [0, 0.05) is 12.2 Å². The number of hydrogen-bond acceptors (Lipinski definition) is 4. The number of para-hydroxylation sites is 1. The number of amides is 1. The first-order valence-electron chi connectivity index (χ1n) is 7.34.